The van der Waals surface area contributed by atoms with Gasteiger partial charge in [-0.1, -0.05) is 13.8 Å². The molecule has 7 heteroatoms. The molecule has 3 atom stereocenters. The summed E-state index contributed by atoms with van der Waals surface area (Å²) >= 11 is 0. The van der Waals surface area contributed by atoms with Gasteiger partial charge in [-0.2, -0.15) is 5.26 Å². The van der Waals surface area contributed by atoms with Crippen molar-refractivity contribution in [1.82, 2.24) is 9.13 Å². The van der Waals surface area contributed by atoms with E-state index in [-0.39, 0.29) is 23.1 Å². The fourth-order valence-corrected chi connectivity index (χ4v) is 3.88. The molecular weight excluding hydrogens is 284 g/mol. The lowest BCUT2D eigenvalue weighted by Gasteiger charge is -2.55. The summed E-state index contributed by atoms with van der Waals surface area (Å²) in [6, 6.07) is 2.00. The highest BCUT2D eigenvalue weighted by Gasteiger charge is 2.59. The molecule has 1 aliphatic heterocycles. The molecule has 3 rings (SSSR count). The number of fused-ring (bicyclic) bond motifs is 1. The maximum Gasteiger partial charge on any atom is 0.332 e. The molecule has 0 bridgehead atoms. The number of nitrogens with one attached hydrogen (secondary N) is 1. The van der Waals surface area contributed by atoms with Crippen LogP contribution < -0.4 is 16.6 Å². The Morgan fingerprint density at radius 1 is 1.32 bits per heavy atom. The van der Waals surface area contributed by atoms with E-state index >= 15 is 0 Å². The van der Waals surface area contributed by atoms with Gasteiger partial charge < -0.3 is 10.1 Å². The lowest BCUT2D eigenvalue weighted by Crippen LogP contribution is -2.63. The second kappa shape index (κ2) is 4.71. The molecule has 22 heavy (non-hydrogen) atoms. The Morgan fingerprint density at radius 2 is 2.00 bits per heavy atom. The minimum atomic E-state index is -0.565. The van der Waals surface area contributed by atoms with Crippen molar-refractivity contribution in [3.05, 3.63) is 26.4 Å². The fourth-order valence-electron chi connectivity index (χ4n) is 3.88. The number of hydrogen-bond donors (Lipinski definition) is 1. The van der Waals surface area contributed by atoms with Crippen LogP contribution in [0.25, 0.3) is 0 Å². The fraction of sp³-hybridized carbons (Fsp3) is 0.667. The Labute approximate surface area is 128 Å². The maximum atomic E-state index is 12.1. The largest absolute Gasteiger partial charge is 0.377 e. The Morgan fingerprint density at radius 3 is 2.64 bits per heavy atom. The van der Waals surface area contributed by atoms with Crippen molar-refractivity contribution < 1.29 is 4.74 Å². The molecule has 1 aliphatic carbocycles. The van der Waals surface area contributed by atoms with Gasteiger partial charge in [0.05, 0.1) is 6.10 Å². The zero-order chi connectivity index (χ0) is 16.2. The molecule has 0 aromatic carbocycles. The van der Waals surface area contributed by atoms with Crippen LogP contribution in [0.1, 0.15) is 25.8 Å². The number of hydrogen-bond acceptors (Lipinski definition) is 5. The summed E-state index contributed by atoms with van der Waals surface area (Å²) in [7, 11) is 2.95. The third kappa shape index (κ3) is 1.77. The summed E-state index contributed by atoms with van der Waals surface area (Å²) in [4.78, 5) is 24.2. The highest BCUT2D eigenvalue weighted by molar-refractivity contribution is 5.53. The van der Waals surface area contributed by atoms with Crippen LogP contribution in [-0.4, -0.2) is 27.9 Å². The van der Waals surface area contributed by atoms with Crippen molar-refractivity contribution in [2.45, 2.75) is 32.4 Å². The molecule has 7 nitrogen and oxygen atoms in total. The van der Waals surface area contributed by atoms with E-state index in [4.69, 9.17) is 4.74 Å². The topological polar surface area (TPSA) is 89.1 Å². The summed E-state index contributed by atoms with van der Waals surface area (Å²) in [6.07, 6.45) is 1.14. The summed E-state index contributed by atoms with van der Waals surface area (Å²) in [6.45, 7) is 4.93. The molecule has 0 spiro atoms. The predicted octanol–water partition coefficient (Wildman–Crippen LogP) is 0.181. The molecule has 1 aromatic rings. The predicted molar refractivity (Wildman–Crippen MR) is 80.7 cm³/mol. The standard InChI is InChI=1S/C15H20N4O3/c1-15(2)10(8-5-6-22-11(8)15)17-12-9(7-16)13(20)19(4)14(21)18(12)3/h8,10-11,17H,5-6H2,1-4H3/t8-,10+,11+/m0/s1. The summed E-state index contributed by atoms with van der Waals surface area (Å²) in [5.74, 6) is 0.653. The van der Waals surface area contributed by atoms with Gasteiger partial charge in [-0.05, 0) is 6.42 Å². The van der Waals surface area contributed by atoms with Crippen molar-refractivity contribution in [3.8, 4) is 6.07 Å². The molecule has 2 aliphatic rings. The minimum Gasteiger partial charge on any atom is -0.377 e. The molecule has 0 unspecified atom stereocenters. The molecule has 1 saturated carbocycles. The molecule has 2 heterocycles. The molecule has 1 N–H and O–H groups in total. The molecular formula is C15H20N4O3. The van der Waals surface area contributed by atoms with Gasteiger partial charge in [0.2, 0.25) is 0 Å². The lowest BCUT2D eigenvalue weighted by atomic mass is 9.57. The van der Waals surface area contributed by atoms with Crippen LogP contribution in [0, 0.1) is 22.7 Å². The third-order valence-electron chi connectivity index (χ3n) is 5.17. The van der Waals surface area contributed by atoms with Crippen molar-refractivity contribution in [2.24, 2.45) is 25.4 Å². The van der Waals surface area contributed by atoms with Crippen molar-refractivity contribution in [1.29, 1.82) is 5.26 Å². The monoisotopic (exact) mass is 304 g/mol. The number of nitriles is 1. The molecule has 1 aromatic heterocycles. The average Bonchev–Trinajstić information content (AvgIpc) is 2.94. The second-order valence-electron chi connectivity index (χ2n) is 6.73. The number of anilines is 1. The lowest BCUT2D eigenvalue weighted by molar-refractivity contribution is -0.0925. The first-order chi connectivity index (χ1) is 10.3. The molecule has 118 valence electrons. The Kier molecular flexibility index (Phi) is 3.18. The average molecular weight is 304 g/mol. The van der Waals surface area contributed by atoms with Gasteiger partial charge in [0, 0.05) is 38.1 Å². The quantitative estimate of drug-likeness (QED) is 0.842. The Bertz CT molecular complexity index is 784. The van der Waals surface area contributed by atoms with Crippen LogP contribution in [0.2, 0.25) is 0 Å². The number of nitrogens with zero attached hydrogens (tertiary/aromatic N) is 3. The number of rotatable bonds is 2. The van der Waals surface area contributed by atoms with E-state index in [1.807, 2.05) is 6.07 Å². The van der Waals surface area contributed by atoms with Crippen LogP contribution in [0.3, 0.4) is 0 Å². The summed E-state index contributed by atoms with van der Waals surface area (Å²) < 4.78 is 8.04. The van der Waals surface area contributed by atoms with Crippen molar-refractivity contribution in [3.63, 3.8) is 0 Å². The van der Waals surface area contributed by atoms with Crippen LogP contribution >= 0.6 is 0 Å². The van der Waals surface area contributed by atoms with E-state index in [1.54, 1.807) is 7.05 Å². The van der Waals surface area contributed by atoms with E-state index in [2.05, 4.69) is 19.2 Å². The third-order valence-corrected chi connectivity index (χ3v) is 5.17. The normalized spacial score (nSPS) is 28.6. The Hall–Kier alpha value is -2.07. The van der Waals surface area contributed by atoms with Crippen LogP contribution in [0.5, 0.6) is 0 Å². The first kappa shape index (κ1) is 14.9. The van der Waals surface area contributed by atoms with E-state index in [0.29, 0.717) is 11.7 Å². The van der Waals surface area contributed by atoms with Gasteiger partial charge in [-0.15, -0.1) is 0 Å². The van der Waals surface area contributed by atoms with E-state index in [0.717, 1.165) is 17.6 Å². The van der Waals surface area contributed by atoms with Crippen LogP contribution in [-0.2, 0) is 18.8 Å². The highest BCUT2D eigenvalue weighted by Crippen LogP contribution is 2.53. The van der Waals surface area contributed by atoms with Crippen molar-refractivity contribution in [2.75, 3.05) is 11.9 Å². The van der Waals surface area contributed by atoms with Gasteiger partial charge in [0.25, 0.3) is 5.56 Å². The first-order valence-electron chi connectivity index (χ1n) is 7.39. The van der Waals surface area contributed by atoms with Gasteiger partial charge in [0.15, 0.2) is 5.56 Å². The van der Waals surface area contributed by atoms with E-state index < -0.39 is 11.2 Å². The maximum absolute atomic E-state index is 12.1. The zero-order valence-corrected chi connectivity index (χ0v) is 13.2. The molecule has 0 amide bonds. The van der Waals surface area contributed by atoms with Gasteiger partial charge >= 0.3 is 5.69 Å². The zero-order valence-electron chi connectivity index (χ0n) is 13.2. The molecule has 0 radical (unpaired) electrons. The summed E-state index contributed by atoms with van der Waals surface area (Å²) in [5, 5.41) is 12.6. The van der Waals surface area contributed by atoms with E-state index in [1.165, 1.54) is 11.6 Å². The first-order valence-corrected chi connectivity index (χ1v) is 7.39. The Balaban J connectivity index is 2.06. The molecule has 1 saturated heterocycles. The van der Waals surface area contributed by atoms with Gasteiger partial charge in [-0.25, -0.2) is 4.79 Å². The van der Waals surface area contributed by atoms with E-state index in [9.17, 15) is 14.9 Å². The summed E-state index contributed by atoms with van der Waals surface area (Å²) in [5.41, 5.74) is -1.14. The van der Waals surface area contributed by atoms with Crippen LogP contribution in [0.15, 0.2) is 9.59 Å². The van der Waals surface area contributed by atoms with Crippen LogP contribution in [0.4, 0.5) is 5.82 Å². The highest BCUT2D eigenvalue weighted by atomic mass is 16.5. The SMILES string of the molecule is Cn1c(N[C@@H]2[C@@H]3CCO[C@H]3C2(C)C)c(C#N)c(=O)n(C)c1=O. The number of aromatic nitrogens is 2. The number of ether oxygens (including phenoxy) is 1. The van der Waals surface area contributed by atoms with Gasteiger partial charge in [0.1, 0.15) is 11.9 Å². The van der Waals surface area contributed by atoms with Gasteiger partial charge in [-0.3, -0.25) is 13.9 Å². The smallest absolute Gasteiger partial charge is 0.332 e. The second-order valence-corrected chi connectivity index (χ2v) is 6.73. The minimum absolute atomic E-state index is 0.0252. The molecule has 2 fully saturated rings. The van der Waals surface area contributed by atoms with Crippen molar-refractivity contribution >= 4 is 5.82 Å².